The van der Waals surface area contributed by atoms with Crippen molar-refractivity contribution in [1.29, 1.82) is 0 Å². The number of nitrogens with zero attached hydrogens (tertiary/aromatic N) is 4. The van der Waals surface area contributed by atoms with Gasteiger partial charge in [0.05, 0.1) is 31.3 Å². The molecule has 0 spiro atoms. The Bertz CT molecular complexity index is 1510. The van der Waals surface area contributed by atoms with Gasteiger partial charge in [0, 0.05) is 41.8 Å². The highest BCUT2D eigenvalue weighted by molar-refractivity contribution is 6.06. The summed E-state index contributed by atoms with van der Waals surface area (Å²) in [5.74, 6) is 0.488. The molecule has 8 heteroatoms. The molecule has 2 amide bonds. The summed E-state index contributed by atoms with van der Waals surface area (Å²) in [6.45, 7) is 7.68. The number of amides is 2. The lowest BCUT2D eigenvalue weighted by atomic mass is 10.0. The summed E-state index contributed by atoms with van der Waals surface area (Å²) in [4.78, 5) is 33.2. The summed E-state index contributed by atoms with van der Waals surface area (Å²) < 4.78 is 7.26. The number of nitrogens with one attached hydrogen (secondary N) is 1. The van der Waals surface area contributed by atoms with E-state index in [4.69, 9.17) is 9.84 Å². The maximum absolute atomic E-state index is 13.8. The Kier molecular flexibility index (Phi) is 6.65. The predicted molar refractivity (Wildman–Crippen MR) is 142 cm³/mol. The molecule has 0 saturated heterocycles. The lowest BCUT2D eigenvalue weighted by Crippen LogP contribution is -2.37. The van der Waals surface area contributed by atoms with E-state index in [1.54, 1.807) is 7.11 Å². The van der Waals surface area contributed by atoms with E-state index >= 15 is 0 Å². The van der Waals surface area contributed by atoms with Crippen LogP contribution < -0.4 is 10.1 Å². The first-order chi connectivity index (χ1) is 17.9. The highest BCUT2D eigenvalue weighted by Crippen LogP contribution is 2.28. The lowest BCUT2D eigenvalue weighted by molar-refractivity contribution is 0.0732. The second-order valence-electron chi connectivity index (χ2n) is 9.45. The van der Waals surface area contributed by atoms with E-state index in [2.05, 4.69) is 10.3 Å². The van der Waals surface area contributed by atoms with Crippen molar-refractivity contribution < 1.29 is 14.3 Å². The molecule has 8 nitrogen and oxygen atoms in total. The molecule has 0 aliphatic carbocycles. The Morgan fingerprint density at radius 1 is 1.11 bits per heavy atom. The first kappa shape index (κ1) is 24.5. The van der Waals surface area contributed by atoms with Crippen LogP contribution in [0, 0.1) is 13.8 Å². The standard InChI is InChI=1S/C29H31N5O3/c1-5-30-28(35)27-24-17-33(29(36)23-14-19(3)31-25-10-9-18(2)13-22(23)25)12-11-26(24)34(32-27)16-20-7-6-8-21(15-20)37-4/h6-10,13-15H,5,11-12,16-17H2,1-4H3,(H,30,35). The highest BCUT2D eigenvalue weighted by atomic mass is 16.5. The van der Waals surface area contributed by atoms with Gasteiger partial charge in [0.2, 0.25) is 0 Å². The van der Waals surface area contributed by atoms with Crippen molar-refractivity contribution in [3.63, 3.8) is 0 Å². The third kappa shape index (κ3) is 4.79. The fourth-order valence-electron chi connectivity index (χ4n) is 4.98. The van der Waals surface area contributed by atoms with Crippen molar-refractivity contribution in [2.75, 3.05) is 20.2 Å². The van der Waals surface area contributed by atoms with Gasteiger partial charge in [0.25, 0.3) is 11.8 Å². The minimum atomic E-state index is -0.224. The fourth-order valence-corrected chi connectivity index (χ4v) is 4.98. The van der Waals surface area contributed by atoms with E-state index in [0.29, 0.717) is 43.9 Å². The van der Waals surface area contributed by atoms with E-state index in [-0.39, 0.29) is 11.8 Å². The molecule has 4 aromatic rings. The summed E-state index contributed by atoms with van der Waals surface area (Å²) in [7, 11) is 1.64. The summed E-state index contributed by atoms with van der Waals surface area (Å²) >= 11 is 0. The molecule has 0 fully saturated rings. The molecule has 2 aromatic heterocycles. The molecule has 0 atom stereocenters. The minimum Gasteiger partial charge on any atom is -0.497 e. The SMILES string of the molecule is CCNC(=O)c1nn(Cc2cccc(OC)c2)c2c1CN(C(=O)c1cc(C)nc3ccc(C)cc13)CC2. The molecule has 1 N–H and O–H groups in total. The van der Waals surface area contributed by atoms with Gasteiger partial charge in [-0.3, -0.25) is 19.3 Å². The number of aryl methyl sites for hydroxylation is 2. The highest BCUT2D eigenvalue weighted by Gasteiger charge is 2.31. The van der Waals surface area contributed by atoms with E-state index in [1.807, 2.05) is 78.9 Å². The largest absolute Gasteiger partial charge is 0.497 e. The van der Waals surface area contributed by atoms with Crippen molar-refractivity contribution in [2.45, 2.75) is 40.3 Å². The molecule has 5 rings (SSSR count). The molecule has 0 unspecified atom stereocenters. The van der Waals surface area contributed by atoms with Crippen LogP contribution in [0.15, 0.2) is 48.5 Å². The smallest absolute Gasteiger partial charge is 0.272 e. The molecule has 37 heavy (non-hydrogen) atoms. The van der Waals surface area contributed by atoms with Gasteiger partial charge in [-0.2, -0.15) is 5.10 Å². The number of hydrogen-bond acceptors (Lipinski definition) is 5. The van der Waals surface area contributed by atoms with Gasteiger partial charge in [0.15, 0.2) is 5.69 Å². The maximum Gasteiger partial charge on any atom is 0.272 e. The quantitative estimate of drug-likeness (QED) is 0.434. The first-order valence-electron chi connectivity index (χ1n) is 12.5. The Labute approximate surface area is 216 Å². The molecule has 1 aliphatic rings. The number of benzene rings is 2. The van der Waals surface area contributed by atoms with Crippen molar-refractivity contribution in [2.24, 2.45) is 0 Å². The van der Waals surface area contributed by atoms with E-state index in [0.717, 1.165) is 44.7 Å². The van der Waals surface area contributed by atoms with Crippen LogP contribution >= 0.6 is 0 Å². The average molecular weight is 498 g/mol. The maximum atomic E-state index is 13.8. The molecule has 190 valence electrons. The molecule has 2 aromatic carbocycles. The molecule has 0 bridgehead atoms. The number of rotatable bonds is 6. The Morgan fingerprint density at radius 2 is 1.95 bits per heavy atom. The van der Waals surface area contributed by atoms with E-state index < -0.39 is 0 Å². The van der Waals surface area contributed by atoms with Crippen LogP contribution in [0.25, 0.3) is 10.9 Å². The normalized spacial score (nSPS) is 12.9. The van der Waals surface area contributed by atoms with Crippen LogP contribution in [0.5, 0.6) is 5.75 Å². The van der Waals surface area contributed by atoms with Gasteiger partial charge in [-0.05, 0) is 56.7 Å². The average Bonchev–Trinajstić information content (AvgIpc) is 3.26. The van der Waals surface area contributed by atoms with Gasteiger partial charge < -0.3 is 15.0 Å². The van der Waals surface area contributed by atoms with Crippen LogP contribution in [-0.4, -0.2) is 51.7 Å². The number of methoxy groups -OCH3 is 1. The van der Waals surface area contributed by atoms with Gasteiger partial charge in [0.1, 0.15) is 5.75 Å². The summed E-state index contributed by atoms with van der Waals surface area (Å²) in [6.07, 6.45) is 0.610. The number of hydrogen-bond donors (Lipinski definition) is 1. The minimum absolute atomic E-state index is 0.0610. The Hall–Kier alpha value is -4.20. The number of fused-ring (bicyclic) bond motifs is 2. The zero-order valence-corrected chi connectivity index (χ0v) is 21.7. The number of carbonyl (C=O) groups is 2. The van der Waals surface area contributed by atoms with Gasteiger partial charge in [-0.25, -0.2) is 0 Å². The van der Waals surface area contributed by atoms with Crippen LogP contribution in [0.2, 0.25) is 0 Å². The summed E-state index contributed by atoms with van der Waals surface area (Å²) in [5, 5.41) is 8.44. The molecule has 0 saturated carbocycles. The molecule has 3 heterocycles. The summed E-state index contributed by atoms with van der Waals surface area (Å²) in [5.41, 5.74) is 6.51. The van der Waals surface area contributed by atoms with Crippen LogP contribution in [-0.2, 0) is 19.5 Å². The Balaban J connectivity index is 1.51. The monoisotopic (exact) mass is 497 g/mol. The van der Waals surface area contributed by atoms with Gasteiger partial charge >= 0.3 is 0 Å². The third-order valence-corrected chi connectivity index (χ3v) is 6.76. The van der Waals surface area contributed by atoms with Crippen molar-refractivity contribution in [3.8, 4) is 5.75 Å². The summed E-state index contributed by atoms with van der Waals surface area (Å²) in [6, 6.07) is 15.7. The van der Waals surface area contributed by atoms with Crippen molar-refractivity contribution >= 4 is 22.7 Å². The Morgan fingerprint density at radius 3 is 2.73 bits per heavy atom. The lowest BCUT2D eigenvalue weighted by Gasteiger charge is -2.28. The van der Waals surface area contributed by atoms with Gasteiger partial charge in [-0.1, -0.05) is 23.8 Å². The van der Waals surface area contributed by atoms with Crippen LogP contribution in [0.4, 0.5) is 0 Å². The first-order valence-corrected chi connectivity index (χ1v) is 12.5. The number of carbonyl (C=O) groups excluding carboxylic acids is 2. The van der Waals surface area contributed by atoms with Crippen LogP contribution in [0.3, 0.4) is 0 Å². The van der Waals surface area contributed by atoms with Crippen molar-refractivity contribution in [1.82, 2.24) is 25.0 Å². The topological polar surface area (TPSA) is 89.4 Å². The van der Waals surface area contributed by atoms with E-state index in [1.165, 1.54) is 0 Å². The third-order valence-electron chi connectivity index (χ3n) is 6.76. The molecular formula is C29H31N5O3. The molecule has 0 radical (unpaired) electrons. The number of ether oxygens (including phenoxy) is 1. The molecule has 1 aliphatic heterocycles. The second kappa shape index (κ2) is 10.0. The zero-order valence-electron chi connectivity index (χ0n) is 21.7. The van der Waals surface area contributed by atoms with E-state index in [9.17, 15) is 9.59 Å². The number of pyridine rings is 1. The molecular weight excluding hydrogens is 466 g/mol. The predicted octanol–water partition coefficient (Wildman–Crippen LogP) is 4.05. The second-order valence-corrected chi connectivity index (χ2v) is 9.45. The zero-order chi connectivity index (χ0) is 26.1. The fraction of sp³-hybridized carbons (Fsp3) is 0.310. The van der Waals surface area contributed by atoms with Crippen LogP contribution in [0.1, 0.15) is 55.8 Å². The van der Waals surface area contributed by atoms with Gasteiger partial charge in [-0.15, -0.1) is 0 Å². The number of aromatic nitrogens is 3. The van der Waals surface area contributed by atoms with Crippen molar-refractivity contribution in [3.05, 3.63) is 87.9 Å².